The maximum atomic E-state index is 2.95. The summed E-state index contributed by atoms with van der Waals surface area (Å²) in [5.74, 6) is 5.20. The van der Waals surface area contributed by atoms with Crippen LogP contribution >= 0.6 is 22.6 Å². The molecule has 0 N–H and O–H groups in total. The first kappa shape index (κ1) is 39.5. The summed E-state index contributed by atoms with van der Waals surface area (Å²) < 4.78 is 0.964. The molecule has 2 aromatic rings. The predicted molar refractivity (Wildman–Crippen MR) is 196 cm³/mol. The second kappa shape index (κ2) is 18.5. The van der Waals surface area contributed by atoms with E-state index < -0.39 is 16.6 Å². The van der Waals surface area contributed by atoms with Crippen LogP contribution in [0.1, 0.15) is 84.0 Å². The molecule has 4 aliphatic rings. The van der Waals surface area contributed by atoms with Crippen LogP contribution in [0.4, 0.5) is 0 Å². The molecule has 4 saturated carbocycles. The Hall–Kier alpha value is 0.487. The molecule has 41 heavy (non-hydrogen) atoms. The number of hydrogen-bond donors (Lipinski definition) is 0. The van der Waals surface area contributed by atoms with Crippen LogP contribution in [0.15, 0.2) is 60.7 Å². The Morgan fingerprint density at radius 3 is 1.95 bits per heavy atom. The van der Waals surface area contributed by atoms with Crippen molar-refractivity contribution in [3.05, 3.63) is 90.4 Å². The number of halogens is 1. The third-order valence-corrected chi connectivity index (χ3v) is 27.4. The van der Waals surface area contributed by atoms with Crippen molar-refractivity contribution < 1.29 is 26.2 Å². The number of fused-ring (bicyclic) bond motifs is 2. The average Bonchev–Trinajstić information content (AvgIpc) is 3.67. The monoisotopic (exact) mass is 776 g/mol. The molecule has 0 heterocycles. The van der Waals surface area contributed by atoms with Crippen LogP contribution in [0.2, 0.25) is 11.1 Å². The molecule has 0 radical (unpaired) electrons. The molecule has 0 aromatic heterocycles. The number of rotatable bonds is 8. The zero-order valence-electron chi connectivity index (χ0n) is 26.9. The number of alkyl halides is 1. The molecule has 6 rings (SSSR count). The minimum absolute atomic E-state index is 0. The normalized spacial score (nSPS) is 32.8. The van der Waals surface area contributed by atoms with E-state index in [-0.39, 0.29) is 55.9 Å². The fourth-order valence-electron chi connectivity index (χ4n) is 9.80. The summed E-state index contributed by atoms with van der Waals surface area (Å²) in [5, 5.41) is 3.68. The summed E-state index contributed by atoms with van der Waals surface area (Å²) in [6.45, 7) is 2.38. The van der Waals surface area contributed by atoms with Gasteiger partial charge in [-0.15, -0.1) is 0 Å². The van der Waals surface area contributed by atoms with Gasteiger partial charge in [-0.1, -0.05) is 158 Å². The van der Waals surface area contributed by atoms with Gasteiger partial charge in [-0.3, -0.25) is 0 Å². The smallest absolute Gasteiger partial charge is 0.358 e. The van der Waals surface area contributed by atoms with Crippen LogP contribution in [0, 0.1) is 59.3 Å². The van der Waals surface area contributed by atoms with E-state index in [2.05, 4.69) is 90.2 Å². The Morgan fingerprint density at radius 1 is 0.683 bits per heavy atom. The van der Waals surface area contributed by atoms with Gasteiger partial charge in [0.25, 0.3) is 0 Å². The first-order chi connectivity index (χ1) is 17.7. The second-order valence-corrected chi connectivity index (χ2v) is 24.0. The average molecular weight is 778 g/mol. The van der Waals surface area contributed by atoms with Gasteiger partial charge in [-0.2, -0.15) is 0 Å². The van der Waals surface area contributed by atoms with E-state index in [4.69, 9.17) is 0 Å². The topological polar surface area (TPSA) is 0 Å². The molecule has 0 bridgehead atoms. The van der Waals surface area contributed by atoms with Crippen molar-refractivity contribution in [2.24, 2.45) is 29.6 Å². The molecule has 0 amide bonds. The molecule has 4 heteroatoms. The summed E-state index contributed by atoms with van der Waals surface area (Å²) >= 11 is 2.95. The zero-order valence-corrected chi connectivity index (χ0v) is 33.8. The van der Waals surface area contributed by atoms with Crippen LogP contribution in [0.5, 0.6) is 0 Å². The standard InChI is InChI=1S/C33H47ISi2.4CH3.Zr/c1-2-3-11-24-18-19-28(22-24)35(26-13-6-4-7-14-26)36(27-15-8-5-9-16-27)32-21-20-30-31(32)23-25-12-10-17-29(25)33(30)34;;;;;/h4-9,13-16,24-25,28-33,35-36H,2-3,10-12,17-23H2,1H3;4*1H3;/q;4*-1;+4. The summed E-state index contributed by atoms with van der Waals surface area (Å²) in [7, 11) is -2.21. The van der Waals surface area contributed by atoms with Crippen molar-refractivity contribution in [3.8, 4) is 0 Å². The summed E-state index contributed by atoms with van der Waals surface area (Å²) in [5.41, 5.74) is 2.10. The molecular weight excluding hydrogens is 719 g/mol. The van der Waals surface area contributed by atoms with Gasteiger partial charge in [-0.05, 0) is 59.9 Å². The summed E-state index contributed by atoms with van der Waals surface area (Å²) in [6.07, 6.45) is 18.2. The first-order valence-electron chi connectivity index (χ1n) is 15.5. The molecule has 10 atom stereocenters. The van der Waals surface area contributed by atoms with Gasteiger partial charge in [0.1, 0.15) is 0 Å². The largest absolute Gasteiger partial charge is 4.00 e. The van der Waals surface area contributed by atoms with Gasteiger partial charge >= 0.3 is 26.2 Å². The fourth-order valence-corrected chi connectivity index (χ4v) is 28.4. The van der Waals surface area contributed by atoms with E-state index in [1.165, 1.54) is 44.9 Å². The van der Waals surface area contributed by atoms with Gasteiger partial charge in [0.2, 0.25) is 0 Å². The number of unbranched alkanes of at least 4 members (excludes halogenated alkanes) is 1. The van der Waals surface area contributed by atoms with Gasteiger partial charge in [-0.25, -0.2) is 0 Å². The molecule has 2 aromatic carbocycles. The summed E-state index contributed by atoms with van der Waals surface area (Å²) in [6, 6.07) is 24.4. The van der Waals surface area contributed by atoms with E-state index in [1.807, 2.05) is 10.4 Å². The Morgan fingerprint density at radius 2 is 1.32 bits per heavy atom. The van der Waals surface area contributed by atoms with Crippen LogP contribution in [0.25, 0.3) is 0 Å². The molecule has 0 aliphatic heterocycles. The predicted octanol–water partition coefficient (Wildman–Crippen LogP) is 9.51. The first-order valence-corrected chi connectivity index (χ1v) is 21.9. The number of hydrogen-bond acceptors (Lipinski definition) is 0. The Labute approximate surface area is 292 Å². The van der Waals surface area contributed by atoms with E-state index in [1.54, 1.807) is 32.1 Å². The van der Waals surface area contributed by atoms with Crippen molar-refractivity contribution in [1.29, 1.82) is 0 Å². The third kappa shape index (κ3) is 8.40. The van der Waals surface area contributed by atoms with Gasteiger partial charge in [0.05, 0.1) is 16.6 Å². The Kier molecular flexibility index (Phi) is 17.8. The van der Waals surface area contributed by atoms with Crippen LogP contribution in [0.3, 0.4) is 0 Å². The van der Waals surface area contributed by atoms with Crippen LogP contribution in [-0.2, 0) is 26.2 Å². The van der Waals surface area contributed by atoms with Gasteiger partial charge in [0, 0.05) is 3.92 Å². The molecule has 226 valence electrons. The second-order valence-electron chi connectivity index (χ2n) is 13.1. The minimum Gasteiger partial charge on any atom is -0.358 e. The number of benzene rings is 2. The fraction of sp³-hybridized carbons (Fsp3) is 0.568. The summed E-state index contributed by atoms with van der Waals surface area (Å²) in [4.78, 5) is 0. The third-order valence-electron chi connectivity index (χ3n) is 11.3. The Balaban J connectivity index is 0.00000168. The van der Waals surface area contributed by atoms with Crippen molar-refractivity contribution >= 4 is 49.6 Å². The molecule has 0 spiro atoms. The van der Waals surface area contributed by atoms with E-state index in [0.717, 1.165) is 44.6 Å². The van der Waals surface area contributed by atoms with Gasteiger partial charge in [0.15, 0.2) is 0 Å². The van der Waals surface area contributed by atoms with Crippen LogP contribution in [-0.4, -0.2) is 20.6 Å². The van der Waals surface area contributed by atoms with E-state index in [9.17, 15) is 0 Å². The van der Waals surface area contributed by atoms with Crippen LogP contribution < -0.4 is 10.4 Å². The molecule has 4 fully saturated rings. The van der Waals surface area contributed by atoms with Crippen molar-refractivity contribution in [1.82, 2.24) is 0 Å². The quantitative estimate of drug-likeness (QED) is 0.109. The molecular formula is C37H59ISi2Zr. The molecule has 4 aliphatic carbocycles. The maximum absolute atomic E-state index is 2.95. The molecule has 10 unspecified atom stereocenters. The van der Waals surface area contributed by atoms with Crippen molar-refractivity contribution in [2.45, 2.75) is 99.0 Å². The molecule has 0 nitrogen and oxygen atoms in total. The van der Waals surface area contributed by atoms with E-state index >= 15 is 0 Å². The zero-order chi connectivity index (χ0) is 24.5. The van der Waals surface area contributed by atoms with E-state index in [0.29, 0.717) is 0 Å². The SMILES string of the molecule is CCCCC1CCC([SiH](c2ccccc2)[SiH](c2ccccc2)C2CCC3C(I)C4CCCC4CC32)C1.[CH3-].[CH3-].[CH3-].[CH3-].[Zr+4]. The van der Waals surface area contributed by atoms with Crippen molar-refractivity contribution in [2.75, 3.05) is 0 Å². The van der Waals surface area contributed by atoms with Gasteiger partial charge < -0.3 is 29.7 Å². The molecule has 0 saturated heterocycles. The maximum Gasteiger partial charge on any atom is 4.00 e. The Bertz CT molecular complexity index is 971. The van der Waals surface area contributed by atoms with Crippen molar-refractivity contribution in [3.63, 3.8) is 0 Å². The minimum atomic E-state index is -1.12.